The maximum Gasteiger partial charge on any atom is 0.174 e. The van der Waals surface area contributed by atoms with Crippen LogP contribution in [0, 0.1) is 17.1 Å². The maximum atomic E-state index is 13.2. The molecule has 0 atom stereocenters. The predicted molar refractivity (Wildman–Crippen MR) is 120 cm³/mol. The second-order valence-corrected chi connectivity index (χ2v) is 7.73. The summed E-state index contributed by atoms with van der Waals surface area (Å²) < 4.78 is 18.7. The van der Waals surface area contributed by atoms with Crippen molar-refractivity contribution in [1.82, 2.24) is 10.1 Å². The minimum absolute atomic E-state index is 0.296. The monoisotopic (exact) mass is 423 g/mol. The van der Waals surface area contributed by atoms with Crippen LogP contribution < -0.4 is 0 Å². The molecule has 2 aromatic heterocycles. The Balaban J connectivity index is 1.52. The van der Waals surface area contributed by atoms with E-state index in [1.54, 1.807) is 18.2 Å². The van der Waals surface area contributed by atoms with E-state index in [9.17, 15) is 9.65 Å². The van der Waals surface area contributed by atoms with Crippen LogP contribution in [0.1, 0.15) is 10.6 Å². The van der Waals surface area contributed by atoms with Crippen LogP contribution in [0.3, 0.4) is 0 Å². The number of hydrogen-bond donors (Lipinski definition) is 0. The number of fused-ring (bicyclic) bond motifs is 1. The van der Waals surface area contributed by atoms with Crippen LogP contribution in [-0.4, -0.2) is 10.1 Å². The lowest BCUT2D eigenvalue weighted by atomic mass is 10.0. The summed E-state index contributed by atoms with van der Waals surface area (Å²) in [6.45, 7) is 0. The molecule has 0 radical (unpaired) electrons. The van der Waals surface area contributed by atoms with Gasteiger partial charge in [-0.05, 0) is 48.0 Å². The Kier molecular flexibility index (Phi) is 4.87. The van der Waals surface area contributed by atoms with Crippen LogP contribution in [-0.2, 0) is 0 Å². The van der Waals surface area contributed by atoms with Gasteiger partial charge in [0.2, 0.25) is 0 Å². The average molecular weight is 423 g/mol. The summed E-state index contributed by atoms with van der Waals surface area (Å²) in [6, 6.07) is 23.9. The summed E-state index contributed by atoms with van der Waals surface area (Å²) in [5.41, 5.74) is 4.51. The minimum Gasteiger partial charge on any atom is -0.355 e. The van der Waals surface area contributed by atoms with Crippen molar-refractivity contribution in [2.75, 3.05) is 0 Å². The number of thiazole rings is 1. The molecule has 5 rings (SSSR count). The Morgan fingerprint density at radius 3 is 2.58 bits per heavy atom. The summed E-state index contributed by atoms with van der Waals surface area (Å²) in [4.78, 5) is 4.57. The van der Waals surface area contributed by atoms with E-state index in [0.29, 0.717) is 22.0 Å². The molecule has 0 bridgehead atoms. The molecular weight excluding hydrogens is 409 g/mol. The molecule has 2 heterocycles. The van der Waals surface area contributed by atoms with E-state index in [4.69, 9.17) is 4.52 Å². The van der Waals surface area contributed by atoms with E-state index in [1.165, 1.54) is 23.5 Å². The van der Waals surface area contributed by atoms with Gasteiger partial charge < -0.3 is 4.52 Å². The Bertz CT molecular complexity index is 1440. The smallest absolute Gasteiger partial charge is 0.174 e. The molecule has 0 saturated heterocycles. The quantitative estimate of drug-likeness (QED) is 0.298. The Hall–Kier alpha value is -4.08. The second-order valence-electron chi connectivity index (χ2n) is 6.87. The lowest BCUT2D eigenvalue weighted by molar-refractivity contribution is 0.441. The summed E-state index contributed by atoms with van der Waals surface area (Å²) >= 11 is 1.38. The molecule has 4 nitrogen and oxygen atoms in total. The zero-order valence-corrected chi connectivity index (χ0v) is 16.9. The first-order valence-corrected chi connectivity index (χ1v) is 10.4. The number of rotatable bonds is 4. The highest BCUT2D eigenvalue weighted by Crippen LogP contribution is 2.31. The van der Waals surface area contributed by atoms with Gasteiger partial charge in [-0.1, -0.05) is 41.6 Å². The molecule has 0 spiro atoms. The molecule has 5 aromatic rings. The molecule has 148 valence electrons. The van der Waals surface area contributed by atoms with Gasteiger partial charge in [0.15, 0.2) is 5.76 Å². The van der Waals surface area contributed by atoms with Gasteiger partial charge in [-0.2, -0.15) is 5.26 Å². The Morgan fingerprint density at radius 1 is 1.00 bits per heavy atom. The van der Waals surface area contributed by atoms with Crippen molar-refractivity contribution in [3.63, 3.8) is 0 Å². The van der Waals surface area contributed by atoms with Gasteiger partial charge in [0.1, 0.15) is 22.4 Å². The first-order chi connectivity index (χ1) is 15.2. The van der Waals surface area contributed by atoms with Crippen LogP contribution in [0.2, 0.25) is 0 Å². The van der Waals surface area contributed by atoms with E-state index in [-0.39, 0.29) is 5.82 Å². The number of nitrogens with zero attached hydrogens (tertiary/aromatic N) is 3. The van der Waals surface area contributed by atoms with Gasteiger partial charge in [0, 0.05) is 16.5 Å². The lowest BCUT2D eigenvalue weighted by Gasteiger charge is -1.99. The summed E-state index contributed by atoms with van der Waals surface area (Å²) in [5.74, 6) is 0.396. The van der Waals surface area contributed by atoms with Gasteiger partial charge in [-0.3, -0.25) is 0 Å². The van der Waals surface area contributed by atoms with Crippen LogP contribution >= 0.6 is 11.3 Å². The largest absolute Gasteiger partial charge is 0.355 e. The number of halogens is 1. The number of allylic oxidation sites excluding steroid dienone is 1. The number of benzene rings is 3. The maximum absolute atomic E-state index is 13.2. The fourth-order valence-electron chi connectivity index (χ4n) is 3.31. The molecule has 0 aliphatic carbocycles. The van der Waals surface area contributed by atoms with Crippen molar-refractivity contribution in [2.24, 2.45) is 0 Å². The van der Waals surface area contributed by atoms with E-state index in [1.807, 2.05) is 53.9 Å². The predicted octanol–water partition coefficient (Wildman–Crippen LogP) is 6.82. The fraction of sp³-hybridized carbons (Fsp3) is 0. The Labute approximate surface area is 181 Å². The van der Waals surface area contributed by atoms with Crippen LogP contribution in [0.25, 0.3) is 45.1 Å². The zero-order chi connectivity index (χ0) is 21.2. The highest BCUT2D eigenvalue weighted by Gasteiger charge is 2.13. The molecule has 31 heavy (non-hydrogen) atoms. The number of aromatic nitrogens is 2. The molecular formula is C25H14FN3OS. The van der Waals surface area contributed by atoms with Crippen molar-refractivity contribution in [2.45, 2.75) is 0 Å². The molecule has 0 aliphatic rings. The number of nitriles is 1. The van der Waals surface area contributed by atoms with E-state index >= 15 is 0 Å². The van der Waals surface area contributed by atoms with Crippen LogP contribution in [0.15, 0.2) is 82.7 Å². The topological polar surface area (TPSA) is 62.7 Å². The van der Waals surface area contributed by atoms with E-state index in [0.717, 1.165) is 27.6 Å². The molecule has 3 aromatic carbocycles. The SMILES string of the molecule is N#C/C(=C\c1ccc2noc(-c3ccccc3)c2c1)c1nc(-c2ccc(F)cc2)cs1. The van der Waals surface area contributed by atoms with Crippen molar-refractivity contribution >= 4 is 33.9 Å². The van der Waals surface area contributed by atoms with Crippen LogP contribution in [0.5, 0.6) is 0 Å². The normalized spacial score (nSPS) is 11.5. The Morgan fingerprint density at radius 2 is 1.81 bits per heavy atom. The summed E-state index contributed by atoms with van der Waals surface area (Å²) in [7, 11) is 0. The highest BCUT2D eigenvalue weighted by atomic mass is 32.1. The van der Waals surface area contributed by atoms with Gasteiger partial charge in [0.25, 0.3) is 0 Å². The van der Waals surface area contributed by atoms with Gasteiger partial charge in [0.05, 0.1) is 16.7 Å². The summed E-state index contributed by atoms with van der Waals surface area (Å²) in [6.07, 6.45) is 1.80. The van der Waals surface area contributed by atoms with Crippen molar-refractivity contribution in [3.8, 4) is 28.7 Å². The van der Waals surface area contributed by atoms with Gasteiger partial charge in [-0.15, -0.1) is 11.3 Å². The molecule has 0 saturated carbocycles. The van der Waals surface area contributed by atoms with Crippen molar-refractivity contribution in [3.05, 3.63) is 94.6 Å². The standard InChI is InChI=1S/C25H14FN3OS/c26-20-9-7-17(8-10-20)23-15-31-25(28-23)19(14-27)12-16-6-11-22-21(13-16)24(30-29-22)18-4-2-1-3-5-18/h1-13,15H/b19-12+. The van der Waals surface area contributed by atoms with Gasteiger partial charge in [-0.25, -0.2) is 9.37 Å². The third-order valence-electron chi connectivity index (χ3n) is 4.84. The molecule has 0 aliphatic heterocycles. The van der Waals surface area contributed by atoms with Crippen molar-refractivity contribution < 1.29 is 8.91 Å². The third-order valence-corrected chi connectivity index (χ3v) is 5.72. The molecule has 0 unspecified atom stereocenters. The highest BCUT2D eigenvalue weighted by molar-refractivity contribution is 7.11. The fourth-order valence-corrected chi connectivity index (χ4v) is 4.10. The minimum atomic E-state index is -0.296. The molecule has 0 N–H and O–H groups in total. The number of hydrogen-bond acceptors (Lipinski definition) is 5. The third kappa shape index (κ3) is 3.75. The molecule has 0 fully saturated rings. The molecule has 6 heteroatoms. The van der Waals surface area contributed by atoms with Crippen LogP contribution in [0.4, 0.5) is 4.39 Å². The average Bonchev–Trinajstić information content (AvgIpc) is 3.46. The van der Waals surface area contributed by atoms with Gasteiger partial charge >= 0.3 is 0 Å². The first-order valence-electron chi connectivity index (χ1n) is 9.50. The summed E-state index contributed by atoms with van der Waals surface area (Å²) in [5, 5.41) is 17.2. The molecule has 0 amide bonds. The first kappa shape index (κ1) is 18.9. The zero-order valence-electron chi connectivity index (χ0n) is 16.1. The van der Waals surface area contributed by atoms with E-state index < -0.39 is 0 Å². The van der Waals surface area contributed by atoms with E-state index in [2.05, 4.69) is 16.2 Å². The van der Waals surface area contributed by atoms with Crippen molar-refractivity contribution in [1.29, 1.82) is 5.26 Å². The lowest BCUT2D eigenvalue weighted by Crippen LogP contribution is -1.84. The second kappa shape index (κ2) is 7.98.